The van der Waals surface area contributed by atoms with E-state index in [1.807, 2.05) is 29.0 Å². The summed E-state index contributed by atoms with van der Waals surface area (Å²) in [6.45, 7) is 2.14. The summed E-state index contributed by atoms with van der Waals surface area (Å²) < 4.78 is 26.6. The third-order valence-corrected chi connectivity index (χ3v) is 6.05. The molecule has 0 saturated carbocycles. The molecular formula is C19H21N3O4S. The van der Waals surface area contributed by atoms with Crippen LogP contribution in [0.4, 0.5) is 5.69 Å². The van der Waals surface area contributed by atoms with E-state index in [-0.39, 0.29) is 5.91 Å². The second kappa shape index (κ2) is 7.13. The molecule has 142 valence electrons. The molecule has 2 amide bonds. The fourth-order valence-corrected chi connectivity index (χ4v) is 3.48. The van der Waals surface area contributed by atoms with Crippen molar-refractivity contribution in [2.24, 2.45) is 0 Å². The standard InChI is InChI=1S/C19H21N3O4S/c1-13(18(23)20-27(25,26)21(2)3)14-8-10-16(11-9-14)22-12-15-6-4-5-7-17(15)19(22)24/h4-11,13H,12H2,1-3H3,(H,20,23). The Morgan fingerprint density at radius 2 is 1.74 bits per heavy atom. The molecule has 1 N–H and O–H groups in total. The Morgan fingerprint density at radius 1 is 1.11 bits per heavy atom. The third-order valence-electron chi connectivity index (χ3n) is 4.63. The second-order valence-electron chi connectivity index (χ2n) is 6.62. The van der Waals surface area contributed by atoms with Crippen molar-refractivity contribution in [3.63, 3.8) is 0 Å². The van der Waals surface area contributed by atoms with Gasteiger partial charge in [0.05, 0.1) is 12.5 Å². The van der Waals surface area contributed by atoms with E-state index < -0.39 is 22.0 Å². The molecule has 2 aromatic carbocycles. The minimum Gasteiger partial charge on any atom is -0.304 e. The van der Waals surface area contributed by atoms with E-state index in [2.05, 4.69) is 0 Å². The SMILES string of the molecule is CC(C(=O)NS(=O)(=O)N(C)C)c1ccc(N2Cc3ccccc3C2=O)cc1. The van der Waals surface area contributed by atoms with Gasteiger partial charge in [-0.2, -0.15) is 12.7 Å². The maximum Gasteiger partial charge on any atom is 0.303 e. The van der Waals surface area contributed by atoms with Gasteiger partial charge < -0.3 is 4.90 Å². The Bertz CT molecular complexity index is 984. The number of anilines is 1. The lowest BCUT2D eigenvalue weighted by atomic mass is 10.0. The smallest absolute Gasteiger partial charge is 0.303 e. The van der Waals surface area contributed by atoms with Crippen LogP contribution in [0.25, 0.3) is 0 Å². The molecule has 1 heterocycles. The van der Waals surface area contributed by atoms with E-state index in [0.717, 1.165) is 15.6 Å². The van der Waals surface area contributed by atoms with E-state index in [1.165, 1.54) is 14.1 Å². The Kier molecular flexibility index (Phi) is 5.03. The van der Waals surface area contributed by atoms with E-state index >= 15 is 0 Å². The first-order chi connectivity index (χ1) is 12.7. The van der Waals surface area contributed by atoms with Gasteiger partial charge in [-0.1, -0.05) is 30.3 Å². The van der Waals surface area contributed by atoms with Crippen molar-refractivity contribution in [2.75, 3.05) is 19.0 Å². The summed E-state index contributed by atoms with van der Waals surface area (Å²) in [6, 6.07) is 14.5. The number of nitrogens with one attached hydrogen (secondary N) is 1. The number of carbonyl (C=O) groups excluding carboxylic acids is 2. The molecule has 2 aromatic rings. The second-order valence-corrected chi connectivity index (χ2v) is 8.50. The molecule has 27 heavy (non-hydrogen) atoms. The number of nitrogens with zero attached hydrogens (tertiary/aromatic N) is 2. The highest BCUT2D eigenvalue weighted by atomic mass is 32.2. The van der Waals surface area contributed by atoms with E-state index in [9.17, 15) is 18.0 Å². The van der Waals surface area contributed by atoms with Crippen molar-refractivity contribution < 1.29 is 18.0 Å². The quantitative estimate of drug-likeness (QED) is 0.849. The largest absolute Gasteiger partial charge is 0.304 e. The molecule has 0 aromatic heterocycles. The zero-order chi connectivity index (χ0) is 19.8. The summed E-state index contributed by atoms with van der Waals surface area (Å²) in [5.74, 6) is -1.32. The van der Waals surface area contributed by atoms with Crippen LogP contribution in [0.1, 0.15) is 34.3 Å². The zero-order valence-electron chi connectivity index (χ0n) is 15.3. The molecule has 1 aliphatic rings. The number of fused-ring (bicyclic) bond motifs is 1. The first-order valence-electron chi connectivity index (χ1n) is 8.44. The molecule has 0 saturated heterocycles. The molecule has 0 fully saturated rings. The highest BCUT2D eigenvalue weighted by molar-refractivity contribution is 7.87. The Labute approximate surface area is 158 Å². The van der Waals surface area contributed by atoms with Gasteiger partial charge in [-0.25, -0.2) is 4.72 Å². The molecule has 8 heteroatoms. The summed E-state index contributed by atoms with van der Waals surface area (Å²) >= 11 is 0. The molecule has 1 aliphatic heterocycles. The first kappa shape index (κ1) is 19.1. The van der Waals surface area contributed by atoms with Crippen LogP contribution in [0.15, 0.2) is 48.5 Å². The lowest BCUT2D eigenvalue weighted by Crippen LogP contribution is -2.41. The molecule has 7 nitrogen and oxygen atoms in total. The fourth-order valence-electron chi connectivity index (χ4n) is 2.86. The molecule has 0 spiro atoms. The summed E-state index contributed by atoms with van der Waals surface area (Å²) in [6.07, 6.45) is 0. The average Bonchev–Trinajstić information content (AvgIpc) is 2.98. The van der Waals surface area contributed by atoms with Crippen LogP contribution in [0.5, 0.6) is 0 Å². The molecule has 0 bridgehead atoms. The van der Waals surface area contributed by atoms with Crippen molar-refractivity contribution in [1.29, 1.82) is 0 Å². The van der Waals surface area contributed by atoms with Crippen LogP contribution in [0.2, 0.25) is 0 Å². The van der Waals surface area contributed by atoms with Crippen molar-refractivity contribution >= 4 is 27.7 Å². The maximum atomic E-state index is 12.5. The van der Waals surface area contributed by atoms with Gasteiger partial charge in [0.15, 0.2) is 0 Å². The van der Waals surface area contributed by atoms with Crippen molar-refractivity contribution in [3.05, 3.63) is 65.2 Å². The van der Waals surface area contributed by atoms with Crippen molar-refractivity contribution in [2.45, 2.75) is 19.4 Å². The van der Waals surface area contributed by atoms with Crippen LogP contribution >= 0.6 is 0 Å². The van der Waals surface area contributed by atoms with Crippen molar-refractivity contribution in [3.8, 4) is 0 Å². The highest BCUT2D eigenvalue weighted by Gasteiger charge is 2.28. The molecular weight excluding hydrogens is 366 g/mol. The van der Waals surface area contributed by atoms with Crippen LogP contribution in [0.3, 0.4) is 0 Å². The Hall–Kier alpha value is -2.71. The van der Waals surface area contributed by atoms with Gasteiger partial charge in [0.25, 0.3) is 5.91 Å². The van der Waals surface area contributed by atoms with E-state index in [1.54, 1.807) is 36.1 Å². The van der Waals surface area contributed by atoms with Gasteiger partial charge in [0, 0.05) is 25.3 Å². The maximum absolute atomic E-state index is 12.5. The minimum absolute atomic E-state index is 0.0544. The van der Waals surface area contributed by atoms with E-state index in [4.69, 9.17) is 0 Å². The van der Waals surface area contributed by atoms with Gasteiger partial charge in [-0.05, 0) is 36.2 Å². The molecule has 1 atom stereocenters. The van der Waals surface area contributed by atoms with Gasteiger partial charge in [-0.15, -0.1) is 0 Å². The van der Waals surface area contributed by atoms with Crippen molar-refractivity contribution in [1.82, 2.24) is 9.03 Å². The monoisotopic (exact) mass is 387 g/mol. The van der Waals surface area contributed by atoms with Gasteiger partial charge in [0.2, 0.25) is 5.91 Å². The topological polar surface area (TPSA) is 86.8 Å². The number of amides is 2. The predicted molar refractivity (Wildman–Crippen MR) is 103 cm³/mol. The molecule has 3 rings (SSSR count). The fraction of sp³-hybridized carbons (Fsp3) is 0.263. The number of rotatable bonds is 5. The number of carbonyl (C=O) groups is 2. The summed E-state index contributed by atoms with van der Waals surface area (Å²) in [4.78, 5) is 26.4. The van der Waals surface area contributed by atoms with Gasteiger partial charge in [0.1, 0.15) is 0 Å². The van der Waals surface area contributed by atoms with E-state index in [0.29, 0.717) is 17.7 Å². The molecule has 0 aliphatic carbocycles. The number of hydrogen-bond acceptors (Lipinski definition) is 4. The van der Waals surface area contributed by atoms with Crippen LogP contribution < -0.4 is 9.62 Å². The average molecular weight is 387 g/mol. The molecule has 0 radical (unpaired) electrons. The van der Waals surface area contributed by atoms with Gasteiger partial charge in [-0.3, -0.25) is 9.59 Å². The van der Waals surface area contributed by atoms with Crippen LogP contribution in [0, 0.1) is 0 Å². The summed E-state index contributed by atoms with van der Waals surface area (Å²) in [5, 5.41) is 0. The summed E-state index contributed by atoms with van der Waals surface area (Å²) in [7, 11) is -1.13. The third kappa shape index (κ3) is 3.72. The molecule has 1 unspecified atom stereocenters. The first-order valence-corrected chi connectivity index (χ1v) is 9.88. The number of hydrogen-bond donors (Lipinski definition) is 1. The number of benzene rings is 2. The predicted octanol–water partition coefficient (Wildman–Crippen LogP) is 1.87. The zero-order valence-corrected chi connectivity index (χ0v) is 16.2. The lowest BCUT2D eigenvalue weighted by molar-refractivity contribution is -0.120. The summed E-state index contributed by atoms with van der Waals surface area (Å²) in [5.41, 5.74) is 3.07. The minimum atomic E-state index is -3.83. The normalized spacial score (nSPS) is 15.0. The Morgan fingerprint density at radius 3 is 2.33 bits per heavy atom. The lowest BCUT2D eigenvalue weighted by Gasteiger charge is -2.18. The van der Waals surface area contributed by atoms with Crippen LogP contribution in [-0.2, 0) is 21.5 Å². The van der Waals surface area contributed by atoms with Gasteiger partial charge >= 0.3 is 10.2 Å². The van der Waals surface area contributed by atoms with Crippen LogP contribution in [-0.4, -0.2) is 38.6 Å². The Balaban J connectivity index is 1.74. The highest BCUT2D eigenvalue weighted by Crippen LogP contribution is 2.29.